The molecule has 2 aliphatic heterocycles. The topological polar surface area (TPSA) is 61.5 Å². The lowest BCUT2D eigenvalue weighted by Gasteiger charge is -2.29. The molecule has 6 nitrogen and oxygen atoms in total. The molecule has 7 heteroatoms. The Bertz CT molecular complexity index is 778. The Labute approximate surface area is 145 Å². The summed E-state index contributed by atoms with van der Waals surface area (Å²) in [7, 11) is 2.07. The second kappa shape index (κ2) is 6.57. The first kappa shape index (κ1) is 16.2. The van der Waals surface area contributed by atoms with Crippen LogP contribution in [0.2, 0.25) is 0 Å². The molecule has 4 rings (SSSR count). The van der Waals surface area contributed by atoms with E-state index in [1.807, 2.05) is 4.90 Å². The molecule has 0 saturated carbocycles. The Hall–Kier alpha value is -2.25. The van der Waals surface area contributed by atoms with Gasteiger partial charge in [-0.3, -0.25) is 14.8 Å². The van der Waals surface area contributed by atoms with Crippen molar-refractivity contribution in [1.29, 1.82) is 0 Å². The third-order valence-electron chi connectivity index (χ3n) is 5.04. The van der Waals surface area contributed by atoms with Gasteiger partial charge in [0.2, 0.25) is 0 Å². The van der Waals surface area contributed by atoms with E-state index in [9.17, 15) is 9.18 Å². The van der Waals surface area contributed by atoms with Gasteiger partial charge < -0.3 is 9.64 Å². The van der Waals surface area contributed by atoms with Crippen molar-refractivity contribution < 1.29 is 13.9 Å². The number of hydrogen-bond acceptors (Lipinski definition) is 4. The lowest BCUT2D eigenvalue weighted by atomic mass is 10.1. The number of amides is 1. The third kappa shape index (κ3) is 3.05. The van der Waals surface area contributed by atoms with Crippen LogP contribution in [0, 0.1) is 11.7 Å². The first-order valence-electron chi connectivity index (χ1n) is 8.49. The fourth-order valence-electron chi connectivity index (χ4n) is 3.70. The van der Waals surface area contributed by atoms with Gasteiger partial charge in [0.25, 0.3) is 5.91 Å². The van der Waals surface area contributed by atoms with E-state index in [1.54, 1.807) is 18.2 Å². The molecule has 0 unspecified atom stereocenters. The molecular weight excluding hydrogens is 323 g/mol. The van der Waals surface area contributed by atoms with Gasteiger partial charge in [-0.2, -0.15) is 5.10 Å². The summed E-state index contributed by atoms with van der Waals surface area (Å²) >= 11 is 0. The van der Waals surface area contributed by atoms with E-state index in [4.69, 9.17) is 4.74 Å². The maximum atomic E-state index is 14.1. The second-order valence-corrected chi connectivity index (χ2v) is 6.85. The van der Waals surface area contributed by atoms with Crippen LogP contribution < -0.4 is 0 Å². The Kier molecular flexibility index (Phi) is 4.27. The first-order valence-corrected chi connectivity index (χ1v) is 8.49. The maximum absolute atomic E-state index is 14.1. The molecule has 25 heavy (non-hydrogen) atoms. The molecule has 1 aromatic carbocycles. The fraction of sp³-hybridized carbons (Fsp3) is 0.444. The van der Waals surface area contributed by atoms with Crippen molar-refractivity contribution in [2.45, 2.75) is 6.04 Å². The van der Waals surface area contributed by atoms with Gasteiger partial charge in [-0.1, -0.05) is 12.1 Å². The number of carbonyl (C=O) groups is 1. The van der Waals surface area contributed by atoms with Crippen molar-refractivity contribution in [3.8, 4) is 11.3 Å². The average molecular weight is 344 g/mol. The highest BCUT2D eigenvalue weighted by Gasteiger charge is 2.34. The number of H-pyrrole nitrogens is 1. The Balaban J connectivity index is 1.64. The van der Waals surface area contributed by atoms with Crippen molar-refractivity contribution in [3.05, 3.63) is 41.8 Å². The summed E-state index contributed by atoms with van der Waals surface area (Å²) in [6.45, 7) is 3.45. The zero-order valence-electron chi connectivity index (χ0n) is 14.1. The number of rotatable bonds is 2. The van der Waals surface area contributed by atoms with Gasteiger partial charge in [-0.15, -0.1) is 0 Å². The number of fused-ring (bicyclic) bond motifs is 3. The van der Waals surface area contributed by atoms with E-state index in [0.29, 0.717) is 43.1 Å². The average Bonchev–Trinajstić information content (AvgIpc) is 2.92. The third-order valence-corrected chi connectivity index (χ3v) is 5.04. The van der Waals surface area contributed by atoms with Crippen LogP contribution in [0.1, 0.15) is 10.4 Å². The highest BCUT2D eigenvalue weighted by atomic mass is 19.1. The van der Waals surface area contributed by atoms with Crippen LogP contribution in [0.25, 0.3) is 11.3 Å². The number of hydrogen-bond donors (Lipinski definition) is 1. The smallest absolute Gasteiger partial charge is 0.257 e. The summed E-state index contributed by atoms with van der Waals surface area (Å²) in [6.07, 6.45) is 1.49. The Morgan fingerprint density at radius 3 is 2.96 bits per heavy atom. The van der Waals surface area contributed by atoms with Crippen LogP contribution in [0.3, 0.4) is 0 Å². The molecule has 2 bridgehead atoms. The molecule has 2 atom stereocenters. The van der Waals surface area contributed by atoms with Gasteiger partial charge in [-0.25, -0.2) is 4.39 Å². The normalized spacial score (nSPS) is 24.2. The lowest BCUT2D eigenvalue weighted by molar-refractivity contribution is 0.0434. The number of aromatic nitrogens is 2. The van der Waals surface area contributed by atoms with Gasteiger partial charge in [0.15, 0.2) is 0 Å². The minimum Gasteiger partial charge on any atom is -0.379 e. The van der Waals surface area contributed by atoms with Crippen LogP contribution in [-0.4, -0.2) is 71.8 Å². The highest BCUT2D eigenvalue weighted by Crippen LogP contribution is 2.26. The summed E-state index contributed by atoms with van der Waals surface area (Å²) in [6, 6.07) is 6.59. The predicted octanol–water partition coefficient (Wildman–Crippen LogP) is 1.62. The zero-order chi connectivity index (χ0) is 17.4. The molecule has 1 N–H and O–H groups in total. The summed E-state index contributed by atoms with van der Waals surface area (Å²) in [5.41, 5.74) is 1.20. The van der Waals surface area contributed by atoms with Crippen LogP contribution in [0.4, 0.5) is 4.39 Å². The minimum atomic E-state index is -0.373. The largest absolute Gasteiger partial charge is 0.379 e. The van der Waals surface area contributed by atoms with E-state index in [-0.39, 0.29) is 23.7 Å². The molecule has 1 aromatic heterocycles. The van der Waals surface area contributed by atoms with Crippen molar-refractivity contribution in [2.75, 3.05) is 39.9 Å². The molecule has 0 radical (unpaired) electrons. The summed E-state index contributed by atoms with van der Waals surface area (Å²) < 4.78 is 19.9. The number of nitrogens with zero attached hydrogens (tertiary/aromatic N) is 3. The molecule has 2 fully saturated rings. The monoisotopic (exact) mass is 344 g/mol. The summed E-state index contributed by atoms with van der Waals surface area (Å²) in [5, 5.41) is 6.78. The molecule has 0 spiro atoms. The van der Waals surface area contributed by atoms with Gasteiger partial charge in [-0.05, 0) is 19.2 Å². The van der Waals surface area contributed by atoms with E-state index in [1.165, 1.54) is 12.3 Å². The standard InChI is InChI=1S/C18H21FN4O2/c1-22-7-12-8-23(9-13(22)11-25-10-12)18(24)15-6-20-21-17(15)14-4-2-3-5-16(14)19/h2-6,12-13H,7-11H2,1H3,(H,20,21)/t12-,13+/m1/s1. The number of likely N-dealkylation sites (N-methyl/N-ethyl adjacent to an activating group) is 1. The quantitative estimate of drug-likeness (QED) is 0.899. The van der Waals surface area contributed by atoms with E-state index in [0.717, 1.165) is 6.54 Å². The molecule has 0 aliphatic carbocycles. The molecule has 2 saturated heterocycles. The summed E-state index contributed by atoms with van der Waals surface area (Å²) in [4.78, 5) is 17.3. The SMILES string of the molecule is CN1C[C@H]2COC[C@@H]1CN(C(=O)c1cn[nH]c1-c1ccccc1F)C2. The number of benzene rings is 1. The van der Waals surface area contributed by atoms with Crippen molar-refractivity contribution >= 4 is 5.91 Å². The minimum absolute atomic E-state index is 0.112. The van der Waals surface area contributed by atoms with E-state index >= 15 is 0 Å². The van der Waals surface area contributed by atoms with Crippen LogP contribution in [0.5, 0.6) is 0 Å². The number of halogens is 1. The second-order valence-electron chi connectivity index (χ2n) is 6.85. The number of carbonyl (C=O) groups excluding carboxylic acids is 1. The van der Waals surface area contributed by atoms with Gasteiger partial charge in [0, 0.05) is 31.1 Å². The molecule has 3 heterocycles. The molecule has 1 amide bonds. The van der Waals surface area contributed by atoms with Crippen molar-refractivity contribution in [2.24, 2.45) is 5.92 Å². The number of nitrogens with one attached hydrogen (secondary N) is 1. The first-order chi connectivity index (χ1) is 12.1. The van der Waals surface area contributed by atoms with Crippen LogP contribution in [-0.2, 0) is 4.74 Å². The van der Waals surface area contributed by atoms with Gasteiger partial charge >= 0.3 is 0 Å². The number of aromatic amines is 1. The van der Waals surface area contributed by atoms with Crippen molar-refractivity contribution in [1.82, 2.24) is 20.0 Å². The van der Waals surface area contributed by atoms with Crippen LogP contribution >= 0.6 is 0 Å². The predicted molar refractivity (Wildman–Crippen MR) is 90.6 cm³/mol. The lowest BCUT2D eigenvalue weighted by Crippen LogP contribution is -2.44. The fourth-order valence-corrected chi connectivity index (χ4v) is 3.70. The molecule has 2 aromatic rings. The van der Waals surface area contributed by atoms with E-state index < -0.39 is 0 Å². The van der Waals surface area contributed by atoms with Gasteiger partial charge in [0.1, 0.15) is 5.82 Å². The Morgan fingerprint density at radius 1 is 1.28 bits per heavy atom. The summed E-state index contributed by atoms with van der Waals surface area (Å²) in [5.74, 6) is -0.203. The van der Waals surface area contributed by atoms with Crippen molar-refractivity contribution in [3.63, 3.8) is 0 Å². The zero-order valence-corrected chi connectivity index (χ0v) is 14.1. The number of ether oxygens (including phenoxy) is 1. The van der Waals surface area contributed by atoms with Crippen LogP contribution in [0.15, 0.2) is 30.5 Å². The van der Waals surface area contributed by atoms with E-state index in [2.05, 4.69) is 22.1 Å². The molecular formula is C18H21FN4O2. The van der Waals surface area contributed by atoms with Gasteiger partial charge in [0.05, 0.1) is 36.7 Å². The highest BCUT2D eigenvalue weighted by molar-refractivity contribution is 5.99. The Morgan fingerprint density at radius 2 is 2.12 bits per heavy atom. The maximum Gasteiger partial charge on any atom is 0.257 e. The molecule has 2 aliphatic rings. The molecule has 132 valence electrons.